The number of rotatable bonds is 7. The lowest BCUT2D eigenvalue weighted by Gasteiger charge is -2.18. The lowest BCUT2D eigenvalue weighted by atomic mass is 10.1. The molecule has 8 nitrogen and oxygen atoms in total. The predicted molar refractivity (Wildman–Crippen MR) is 110 cm³/mol. The van der Waals surface area contributed by atoms with Crippen molar-refractivity contribution in [2.24, 2.45) is 0 Å². The number of nitrogens with one attached hydrogen (secondary N) is 2. The van der Waals surface area contributed by atoms with Gasteiger partial charge in [-0.3, -0.25) is 24.3 Å². The van der Waals surface area contributed by atoms with Crippen molar-refractivity contribution in [1.29, 1.82) is 0 Å². The Morgan fingerprint density at radius 2 is 1.70 bits per heavy atom. The summed E-state index contributed by atoms with van der Waals surface area (Å²) in [6.45, 7) is -0.0660. The smallest absolute Gasteiger partial charge is 0.308 e. The summed E-state index contributed by atoms with van der Waals surface area (Å²) in [5, 5.41) is 5.90. The maximum absolute atomic E-state index is 12.6. The number of aryl methyl sites for hydroxylation is 1. The quantitative estimate of drug-likeness (QED) is 0.579. The lowest BCUT2D eigenvalue weighted by Crippen LogP contribution is -2.34. The van der Waals surface area contributed by atoms with Gasteiger partial charge in [0.05, 0.1) is 23.7 Å². The van der Waals surface area contributed by atoms with Gasteiger partial charge in [-0.1, -0.05) is 42.5 Å². The van der Waals surface area contributed by atoms with E-state index in [1.807, 2.05) is 6.07 Å². The number of H-pyrrole nitrogens is 1. The zero-order chi connectivity index (χ0) is 21.1. The van der Waals surface area contributed by atoms with Gasteiger partial charge in [0.2, 0.25) is 6.10 Å². The average Bonchev–Trinajstić information content (AvgIpc) is 3.58. The highest BCUT2D eigenvalue weighted by molar-refractivity contribution is 5.85. The van der Waals surface area contributed by atoms with Crippen molar-refractivity contribution in [1.82, 2.24) is 15.1 Å². The third-order valence-corrected chi connectivity index (χ3v) is 4.94. The number of fused-ring (bicyclic) bond motifs is 1. The molecule has 1 heterocycles. The highest BCUT2D eigenvalue weighted by atomic mass is 16.5. The molecule has 1 aromatic heterocycles. The van der Waals surface area contributed by atoms with Crippen molar-refractivity contribution in [3.05, 3.63) is 80.9 Å². The van der Waals surface area contributed by atoms with Gasteiger partial charge in [-0.25, -0.2) is 4.68 Å². The fourth-order valence-corrected chi connectivity index (χ4v) is 3.20. The number of esters is 1. The Labute approximate surface area is 171 Å². The molecule has 1 saturated carbocycles. The summed E-state index contributed by atoms with van der Waals surface area (Å²) in [7, 11) is 0. The van der Waals surface area contributed by atoms with Gasteiger partial charge in [0.1, 0.15) is 0 Å². The van der Waals surface area contributed by atoms with Crippen molar-refractivity contribution >= 4 is 22.6 Å². The Kier molecular flexibility index (Phi) is 5.47. The zero-order valence-corrected chi connectivity index (χ0v) is 16.2. The molecule has 1 amide bonds. The Hall–Kier alpha value is -3.68. The molecule has 1 atom stereocenters. The largest absolute Gasteiger partial charge is 0.447 e. The first-order valence-corrected chi connectivity index (χ1v) is 9.79. The fraction of sp³-hybridized carbons (Fsp3) is 0.273. The summed E-state index contributed by atoms with van der Waals surface area (Å²) in [6.07, 6.45) is 0.597. The molecule has 0 radical (unpaired) electrons. The van der Waals surface area contributed by atoms with E-state index in [0.717, 1.165) is 17.5 Å². The van der Waals surface area contributed by atoms with Crippen LogP contribution >= 0.6 is 0 Å². The van der Waals surface area contributed by atoms with E-state index in [1.54, 1.807) is 48.5 Å². The van der Waals surface area contributed by atoms with E-state index in [2.05, 4.69) is 10.4 Å². The van der Waals surface area contributed by atoms with Crippen LogP contribution in [0.1, 0.15) is 30.9 Å². The average molecular weight is 407 g/mol. The third kappa shape index (κ3) is 4.32. The van der Waals surface area contributed by atoms with Crippen LogP contribution in [0.2, 0.25) is 0 Å². The number of hydrogen-bond donors (Lipinski definition) is 2. The number of benzene rings is 2. The topological polar surface area (TPSA) is 110 Å². The van der Waals surface area contributed by atoms with E-state index in [1.165, 1.54) is 0 Å². The van der Waals surface area contributed by atoms with Crippen LogP contribution in [-0.2, 0) is 20.9 Å². The summed E-state index contributed by atoms with van der Waals surface area (Å²) < 4.78 is 6.54. The van der Waals surface area contributed by atoms with Gasteiger partial charge >= 0.3 is 5.97 Å². The minimum absolute atomic E-state index is 0.0660. The molecule has 2 N–H and O–H groups in total. The maximum atomic E-state index is 12.6. The van der Waals surface area contributed by atoms with Crippen LogP contribution in [0.25, 0.3) is 10.8 Å². The lowest BCUT2D eigenvalue weighted by molar-refractivity contribution is -0.156. The predicted octanol–water partition coefficient (Wildman–Crippen LogP) is 1.64. The van der Waals surface area contributed by atoms with E-state index < -0.39 is 23.2 Å². The Balaban J connectivity index is 1.48. The third-order valence-electron chi connectivity index (χ3n) is 4.94. The van der Waals surface area contributed by atoms with Gasteiger partial charge in [0.25, 0.3) is 17.0 Å². The summed E-state index contributed by atoms with van der Waals surface area (Å²) in [6, 6.07) is 15.4. The first kappa shape index (κ1) is 19.6. The molecular weight excluding hydrogens is 386 g/mol. The number of ether oxygens (including phenoxy) is 1. The number of amides is 1. The summed E-state index contributed by atoms with van der Waals surface area (Å²) in [4.78, 5) is 49.7. The van der Waals surface area contributed by atoms with E-state index in [-0.39, 0.29) is 30.3 Å². The second kappa shape index (κ2) is 8.36. The summed E-state index contributed by atoms with van der Waals surface area (Å²) >= 11 is 0. The second-order valence-corrected chi connectivity index (χ2v) is 7.26. The van der Waals surface area contributed by atoms with Crippen molar-refractivity contribution in [2.75, 3.05) is 0 Å². The van der Waals surface area contributed by atoms with Crippen LogP contribution in [0.4, 0.5) is 0 Å². The molecule has 1 fully saturated rings. The second-order valence-electron chi connectivity index (χ2n) is 7.26. The number of hydrogen-bond acceptors (Lipinski definition) is 5. The molecule has 0 spiro atoms. The standard InChI is InChI=1S/C22H21N3O5/c26-18(12-13-25-22(29)17-9-5-4-8-16(17)20(27)24-25)30-19(14-6-2-1-3-7-14)21(28)23-15-10-11-15/h1-9,15,19H,10-13H2,(H,23,28)(H,24,27)/t19-/m0/s1. The minimum atomic E-state index is -1.06. The van der Waals surface area contributed by atoms with Crippen molar-refractivity contribution < 1.29 is 14.3 Å². The molecule has 8 heteroatoms. The number of aromatic amines is 1. The van der Waals surface area contributed by atoms with Gasteiger partial charge < -0.3 is 10.1 Å². The van der Waals surface area contributed by atoms with Crippen LogP contribution in [0.15, 0.2) is 64.2 Å². The van der Waals surface area contributed by atoms with Crippen molar-refractivity contribution in [3.8, 4) is 0 Å². The van der Waals surface area contributed by atoms with Crippen LogP contribution in [0.5, 0.6) is 0 Å². The van der Waals surface area contributed by atoms with Crippen LogP contribution in [-0.4, -0.2) is 27.7 Å². The van der Waals surface area contributed by atoms with Gasteiger partial charge in [-0.15, -0.1) is 0 Å². The summed E-state index contributed by atoms with van der Waals surface area (Å²) in [5.74, 6) is -1.01. The first-order valence-electron chi connectivity index (χ1n) is 9.79. The SMILES string of the molecule is O=C(CCn1[nH]c(=O)c2ccccc2c1=O)O[C@H](C(=O)NC1CC1)c1ccccc1. The zero-order valence-electron chi connectivity index (χ0n) is 16.2. The number of carbonyl (C=O) groups is 2. The van der Waals surface area contributed by atoms with E-state index >= 15 is 0 Å². The molecule has 4 rings (SSSR count). The Morgan fingerprint density at radius 1 is 1.03 bits per heavy atom. The molecule has 3 aromatic rings. The highest BCUT2D eigenvalue weighted by Gasteiger charge is 2.30. The Bertz CT molecular complexity index is 1190. The highest BCUT2D eigenvalue weighted by Crippen LogP contribution is 2.23. The first-order chi connectivity index (χ1) is 14.5. The molecule has 0 aliphatic heterocycles. The fourth-order valence-electron chi connectivity index (χ4n) is 3.20. The Morgan fingerprint density at radius 3 is 2.40 bits per heavy atom. The van der Waals surface area contributed by atoms with Gasteiger partial charge in [-0.05, 0) is 25.0 Å². The number of carbonyl (C=O) groups excluding carboxylic acids is 2. The molecular formula is C22H21N3O5. The van der Waals surface area contributed by atoms with Crippen LogP contribution in [0.3, 0.4) is 0 Å². The number of nitrogens with zero attached hydrogens (tertiary/aromatic N) is 1. The van der Waals surface area contributed by atoms with Gasteiger partial charge in [-0.2, -0.15) is 0 Å². The molecule has 0 bridgehead atoms. The van der Waals surface area contributed by atoms with Gasteiger partial charge in [0, 0.05) is 11.6 Å². The molecule has 1 aliphatic carbocycles. The van der Waals surface area contributed by atoms with E-state index in [9.17, 15) is 19.2 Å². The molecule has 0 saturated heterocycles. The normalized spacial score (nSPS) is 14.3. The molecule has 1 aliphatic rings. The van der Waals surface area contributed by atoms with Gasteiger partial charge in [0.15, 0.2) is 0 Å². The molecule has 2 aromatic carbocycles. The van der Waals surface area contributed by atoms with Crippen molar-refractivity contribution in [3.63, 3.8) is 0 Å². The maximum Gasteiger partial charge on any atom is 0.308 e. The summed E-state index contributed by atoms with van der Waals surface area (Å²) in [5.41, 5.74) is -0.242. The van der Waals surface area contributed by atoms with Crippen LogP contribution in [0, 0.1) is 0 Å². The van der Waals surface area contributed by atoms with E-state index in [4.69, 9.17) is 4.74 Å². The van der Waals surface area contributed by atoms with E-state index in [0.29, 0.717) is 10.9 Å². The number of aromatic nitrogens is 2. The molecule has 30 heavy (non-hydrogen) atoms. The molecule has 154 valence electrons. The van der Waals surface area contributed by atoms with Crippen LogP contribution < -0.4 is 16.4 Å². The van der Waals surface area contributed by atoms with Crippen molar-refractivity contribution in [2.45, 2.75) is 38.0 Å². The minimum Gasteiger partial charge on any atom is -0.447 e. The monoisotopic (exact) mass is 407 g/mol. The molecule has 0 unspecified atom stereocenters.